The van der Waals surface area contributed by atoms with Gasteiger partial charge in [0.2, 0.25) is 0 Å². The molecular formula is C14H21NO3. The maximum Gasteiger partial charge on any atom is 0.120 e. The van der Waals surface area contributed by atoms with Crippen LogP contribution in [0.5, 0.6) is 11.5 Å². The van der Waals surface area contributed by atoms with Crippen LogP contribution in [0.1, 0.15) is 31.4 Å². The third-order valence-corrected chi connectivity index (χ3v) is 3.62. The SMILES string of the molecule is COc1ccc(O)c(C(C)NCC2CC(O)C2)c1. The van der Waals surface area contributed by atoms with Crippen LogP contribution in [0.25, 0.3) is 0 Å². The van der Waals surface area contributed by atoms with E-state index >= 15 is 0 Å². The molecule has 0 aromatic heterocycles. The fourth-order valence-corrected chi connectivity index (χ4v) is 2.33. The van der Waals surface area contributed by atoms with Crippen molar-refractivity contribution >= 4 is 0 Å². The minimum atomic E-state index is -0.114. The minimum absolute atomic E-state index is 0.0674. The number of benzene rings is 1. The Morgan fingerprint density at radius 2 is 2.17 bits per heavy atom. The second kappa shape index (κ2) is 5.59. The number of aliphatic hydroxyl groups is 1. The van der Waals surface area contributed by atoms with Crippen molar-refractivity contribution in [3.8, 4) is 11.5 Å². The molecule has 1 fully saturated rings. The average molecular weight is 251 g/mol. The highest BCUT2D eigenvalue weighted by atomic mass is 16.5. The zero-order valence-electron chi connectivity index (χ0n) is 10.9. The molecule has 0 saturated heterocycles. The molecular weight excluding hydrogens is 230 g/mol. The van der Waals surface area contributed by atoms with Crippen LogP contribution < -0.4 is 10.1 Å². The van der Waals surface area contributed by atoms with Crippen LogP contribution in [-0.4, -0.2) is 30.0 Å². The van der Waals surface area contributed by atoms with E-state index in [0.29, 0.717) is 5.92 Å². The molecule has 3 N–H and O–H groups in total. The summed E-state index contributed by atoms with van der Waals surface area (Å²) in [6.45, 7) is 2.89. The quantitative estimate of drug-likeness (QED) is 0.747. The van der Waals surface area contributed by atoms with Crippen LogP contribution in [0.3, 0.4) is 0 Å². The smallest absolute Gasteiger partial charge is 0.120 e. The Labute approximate surface area is 108 Å². The Kier molecular flexibility index (Phi) is 4.09. The number of hydrogen-bond donors (Lipinski definition) is 3. The van der Waals surface area contributed by atoms with Gasteiger partial charge in [0, 0.05) is 11.6 Å². The second-order valence-electron chi connectivity index (χ2n) is 5.05. The van der Waals surface area contributed by atoms with Crippen molar-refractivity contribution < 1.29 is 14.9 Å². The number of aliphatic hydroxyl groups excluding tert-OH is 1. The van der Waals surface area contributed by atoms with E-state index in [1.54, 1.807) is 19.2 Å². The zero-order chi connectivity index (χ0) is 13.1. The lowest BCUT2D eigenvalue weighted by Crippen LogP contribution is -2.37. The van der Waals surface area contributed by atoms with Gasteiger partial charge in [0.05, 0.1) is 13.2 Å². The minimum Gasteiger partial charge on any atom is -0.508 e. The summed E-state index contributed by atoms with van der Waals surface area (Å²) in [6.07, 6.45) is 1.64. The van der Waals surface area contributed by atoms with Crippen LogP contribution in [0.4, 0.5) is 0 Å². The molecule has 0 amide bonds. The molecule has 0 radical (unpaired) electrons. The Bertz CT molecular complexity index is 402. The number of hydrogen-bond acceptors (Lipinski definition) is 4. The number of phenolic OH excluding ortho intramolecular Hbond substituents is 1. The van der Waals surface area contributed by atoms with Gasteiger partial charge < -0.3 is 20.3 Å². The van der Waals surface area contributed by atoms with Crippen molar-refractivity contribution in [2.75, 3.05) is 13.7 Å². The molecule has 1 saturated carbocycles. The van der Waals surface area contributed by atoms with Gasteiger partial charge in [-0.25, -0.2) is 0 Å². The van der Waals surface area contributed by atoms with E-state index in [-0.39, 0.29) is 17.9 Å². The molecule has 4 nitrogen and oxygen atoms in total. The molecule has 0 spiro atoms. The highest BCUT2D eigenvalue weighted by molar-refractivity contribution is 5.41. The van der Waals surface area contributed by atoms with E-state index in [0.717, 1.165) is 30.7 Å². The van der Waals surface area contributed by atoms with Gasteiger partial charge in [-0.05, 0) is 50.4 Å². The summed E-state index contributed by atoms with van der Waals surface area (Å²) in [5.41, 5.74) is 0.842. The Morgan fingerprint density at radius 1 is 1.44 bits per heavy atom. The topological polar surface area (TPSA) is 61.7 Å². The predicted octanol–water partition coefficient (Wildman–Crippen LogP) is 1.82. The van der Waals surface area contributed by atoms with E-state index in [1.807, 2.05) is 13.0 Å². The van der Waals surface area contributed by atoms with Crippen molar-refractivity contribution in [3.63, 3.8) is 0 Å². The van der Waals surface area contributed by atoms with E-state index < -0.39 is 0 Å². The average Bonchev–Trinajstić information content (AvgIpc) is 2.33. The summed E-state index contributed by atoms with van der Waals surface area (Å²) in [5.74, 6) is 1.58. The molecule has 0 heterocycles. The third kappa shape index (κ3) is 2.94. The fraction of sp³-hybridized carbons (Fsp3) is 0.571. The van der Waals surface area contributed by atoms with E-state index in [2.05, 4.69) is 5.32 Å². The van der Waals surface area contributed by atoms with Crippen LogP contribution in [0.2, 0.25) is 0 Å². The van der Waals surface area contributed by atoms with Crippen molar-refractivity contribution in [3.05, 3.63) is 23.8 Å². The molecule has 1 aromatic carbocycles. The third-order valence-electron chi connectivity index (χ3n) is 3.62. The van der Waals surface area contributed by atoms with Crippen molar-refractivity contribution in [2.45, 2.75) is 31.9 Å². The molecule has 4 heteroatoms. The molecule has 0 aliphatic heterocycles. The van der Waals surface area contributed by atoms with Gasteiger partial charge in [0.15, 0.2) is 0 Å². The summed E-state index contributed by atoms with van der Waals surface area (Å²) >= 11 is 0. The Hall–Kier alpha value is -1.26. The monoisotopic (exact) mass is 251 g/mol. The van der Waals surface area contributed by atoms with Crippen LogP contribution in [-0.2, 0) is 0 Å². The Balaban J connectivity index is 1.93. The maximum absolute atomic E-state index is 9.84. The number of rotatable bonds is 5. The van der Waals surface area contributed by atoms with Crippen LogP contribution in [0, 0.1) is 5.92 Å². The summed E-state index contributed by atoms with van der Waals surface area (Å²) in [5, 5.41) is 22.5. The number of aromatic hydroxyl groups is 1. The normalized spacial score (nSPS) is 24.4. The highest BCUT2D eigenvalue weighted by Gasteiger charge is 2.27. The number of methoxy groups -OCH3 is 1. The lowest BCUT2D eigenvalue weighted by molar-refractivity contribution is 0.0420. The Morgan fingerprint density at radius 3 is 2.78 bits per heavy atom. The first-order chi connectivity index (χ1) is 8.60. The second-order valence-corrected chi connectivity index (χ2v) is 5.05. The first-order valence-corrected chi connectivity index (χ1v) is 6.38. The molecule has 1 aliphatic rings. The first kappa shape index (κ1) is 13.2. The van der Waals surface area contributed by atoms with Gasteiger partial charge in [-0.15, -0.1) is 0 Å². The molecule has 1 atom stereocenters. The number of ether oxygens (including phenoxy) is 1. The fourth-order valence-electron chi connectivity index (χ4n) is 2.33. The standard InChI is InChI=1S/C14H21NO3/c1-9(15-8-10-5-11(16)6-10)13-7-12(18-2)3-4-14(13)17/h3-4,7,9-11,15-17H,5-6,8H2,1-2H3. The molecule has 2 rings (SSSR count). The summed E-state index contributed by atoms with van der Waals surface area (Å²) < 4.78 is 5.16. The summed E-state index contributed by atoms with van der Waals surface area (Å²) in [7, 11) is 1.62. The molecule has 1 aromatic rings. The van der Waals surface area contributed by atoms with Crippen molar-refractivity contribution in [1.29, 1.82) is 0 Å². The largest absolute Gasteiger partial charge is 0.508 e. The number of nitrogens with one attached hydrogen (secondary N) is 1. The van der Waals surface area contributed by atoms with Crippen LogP contribution >= 0.6 is 0 Å². The van der Waals surface area contributed by atoms with E-state index in [9.17, 15) is 10.2 Å². The lowest BCUT2D eigenvalue weighted by Gasteiger charge is -2.32. The highest BCUT2D eigenvalue weighted by Crippen LogP contribution is 2.30. The van der Waals surface area contributed by atoms with Gasteiger partial charge in [-0.1, -0.05) is 0 Å². The number of phenols is 1. The van der Waals surface area contributed by atoms with Gasteiger partial charge in [-0.3, -0.25) is 0 Å². The van der Waals surface area contributed by atoms with Gasteiger partial charge in [-0.2, -0.15) is 0 Å². The van der Waals surface area contributed by atoms with Gasteiger partial charge in [0.25, 0.3) is 0 Å². The van der Waals surface area contributed by atoms with Crippen LogP contribution in [0.15, 0.2) is 18.2 Å². The summed E-state index contributed by atoms with van der Waals surface area (Å²) in [6, 6.07) is 5.31. The molecule has 1 aliphatic carbocycles. The van der Waals surface area contributed by atoms with E-state index in [1.165, 1.54) is 0 Å². The van der Waals surface area contributed by atoms with Gasteiger partial charge >= 0.3 is 0 Å². The molecule has 18 heavy (non-hydrogen) atoms. The zero-order valence-corrected chi connectivity index (χ0v) is 10.9. The molecule has 1 unspecified atom stereocenters. The van der Waals surface area contributed by atoms with Crippen molar-refractivity contribution in [1.82, 2.24) is 5.32 Å². The predicted molar refractivity (Wildman–Crippen MR) is 69.8 cm³/mol. The van der Waals surface area contributed by atoms with Crippen molar-refractivity contribution in [2.24, 2.45) is 5.92 Å². The first-order valence-electron chi connectivity index (χ1n) is 6.38. The van der Waals surface area contributed by atoms with Gasteiger partial charge in [0.1, 0.15) is 11.5 Å². The molecule has 0 bridgehead atoms. The maximum atomic E-state index is 9.84. The van der Waals surface area contributed by atoms with E-state index in [4.69, 9.17) is 4.74 Å². The lowest BCUT2D eigenvalue weighted by atomic mass is 9.82. The summed E-state index contributed by atoms with van der Waals surface area (Å²) in [4.78, 5) is 0. The molecule has 100 valence electrons.